The maximum Gasteiger partial charge on any atom is 0.198 e. The molecule has 0 saturated heterocycles. The summed E-state index contributed by atoms with van der Waals surface area (Å²) >= 11 is 1.32. The summed E-state index contributed by atoms with van der Waals surface area (Å²) in [7, 11) is 0. The predicted octanol–water partition coefficient (Wildman–Crippen LogP) is 4.24. The van der Waals surface area contributed by atoms with E-state index in [0.717, 1.165) is 39.1 Å². The second-order valence-electron chi connectivity index (χ2n) is 6.55. The molecule has 0 aliphatic carbocycles. The molecule has 3 aromatic rings. The molecule has 130 valence electrons. The SMILES string of the molecule is O=C1Cc2ccc(-c3cncc(C[C@@H](CO)c4ccccc4)c3)cc2S1. The lowest BCUT2D eigenvalue weighted by atomic mass is 9.92. The monoisotopic (exact) mass is 361 g/mol. The van der Waals surface area contributed by atoms with E-state index in [1.54, 1.807) is 0 Å². The van der Waals surface area contributed by atoms with Crippen LogP contribution in [-0.2, 0) is 17.6 Å². The number of pyridine rings is 1. The molecule has 2 heterocycles. The van der Waals surface area contributed by atoms with E-state index in [4.69, 9.17) is 0 Å². The molecule has 1 N–H and O–H groups in total. The van der Waals surface area contributed by atoms with Crippen molar-refractivity contribution in [1.82, 2.24) is 4.98 Å². The summed E-state index contributed by atoms with van der Waals surface area (Å²) in [6, 6.07) is 18.4. The molecule has 4 rings (SSSR count). The van der Waals surface area contributed by atoms with Gasteiger partial charge in [-0.05, 0) is 40.8 Å². The van der Waals surface area contributed by atoms with E-state index in [0.29, 0.717) is 6.42 Å². The first kappa shape index (κ1) is 17.0. The Balaban J connectivity index is 1.59. The van der Waals surface area contributed by atoms with Crippen LogP contribution in [-0.4, -0.2) is 21.8 Å². The highest BCUT2D eigenvalue weighted by Gasteiger charge is 2.20. The molecule has 0 spiro atoms. The number of fused-ring (bicyclic) bond motifs is 1. The van der Waals surface area contributed by atoms with Gasteiger partial charge in [0.25, 0.3) is 0 Å². The third-order valence-electron chi connectivity index (χ3n) is 4.73. The van der Waals surface area contributed by atoms with Gasteiger partial charge >= 0.3 is 0 Å². The van der Waals surface area contributed by atoms with Crippen LogP contribution in [0.2, 0.25) is 0 Å². The van der Waals surface area contributed by atoms with Crippen molar-refractivity contribution in [3.05, 3.63) is 83.7 Å². The van der Waals surface area contributed by atoms with Gasteiger partial charge in [-0.2, -0.15) is 0 Å². The number of nitrogens with zero attached hydrogens (tertiary/aromatic N) is 1. The average Bonchev–Trinajstić information content (AvgIpc) is 3.06. The number of aromatic nitrogens is 1. The quantitative estimate of drug-likeness (QED) is 0.738. The first-order chi connectivity index (χ1) is 12.7. The summed E-state index contributed by atoms with van der Waals surface area (Å²) in [6.45, 7) is 0.103. The van der Waals surface area contributed by atoms with Gasteiger partial charge in [0, 0.05) is 35.2 Å². The van der Waals surface area contributed by atoms with Crippen LogP contribution in [0.1, 0.15) is 22.6 Å². The molecule has 0 saturated carbocycles. The lowest BCUT2D eigenvalue weighted by Crippen LogP contribution is -2.08. The van der Waals surface area contributed by atoms with E-state index in [9.17, 15) is 9.90 Å². The number of hydrogen-bond donors (Lipinski definition) is 1. The lowest BCUT2D eigenvalue weighted by Gasteiger charge is -2.15. The maximum absolute atomic E-state index is 11.6. The second-order valence-corrected chi connectivity index (χ2v) is 7.65. The number of rotatable bonds is 5. The third kappa shape index (κ3) is 3.57. The van der Waals surface area contributed by atoms with Gasteiger partial charge in [0.1, 0.15) is 0 Å². The first-order valence-corrected chi connectivity index (χ1v) is 9.48. The minimum absolute atomic E-state index is 0.0569. The van der Waals surface area contributed by atoms with Gasteiger partial charge in [-0.25, -0.2) is 0 Å². The van der Waals surface area contributed by atoms with Crippen LogP contribution in [0.3, 0.4) is 0 Å². The molecule has 0 bridgehead atoms. The van der Waals surface area contributed by atoms with Crippen molar-refractivity contribution in [1.29, 1.82) is 0 Å². The Morgan fingerprint density at radius 2 is 1.88 bits per heavy atom. The van der Waals surface area contributed by atoms with Crippen LogP contribution in [0, 0.1) is 0 Å². The van der Waals surface area contributed by atoms with Gasteiger partial charge in [-0.3, -0.25) is 9.78 Å². The highest BCUT2D eigenvalue weighted by atomic mass is 32.2. The van der Waals surface area contributed by atoms with Crippen LogP contribution in [0.25, 0.3) is 11.1 Å². The van der Waals surface area contributed by atoms with Crippen molar-refractivity contribution in [3.8, 4) is 11.1 Å². The van der Waals surface area contributed by atoms with Crippen LogP contribution in [0.15, 0.2) is 71.9 Å². The molecule has 1 atom stereocenters. The summed E-state index contributed by atoms with van der Waals surface area (Å²) < 4.78 is 0. The van der Waals surface area contributed by atoms with Crippen LogP contribution < -0.4 is 0 Å². The molecule has 3 nitrogen and oxygen atoms in total. The Morgan fingerprint density at radius 3 is 2.69 bits per heavy atom. The van der Waals surface area contributed by atoms with Crippen molar-refractivity contribution in [2.45, 2.75) is 23.7 Å². The topological polar surface area (TPSA) is 50.2 Å². The summed E-state index contributed by atoms with van der Waals surface area (Å²) in [6.07, 6.45) is 4.97. The summed E-state index contributed by atoms with van der Waals surface area (Å²) in [5.41, 5.74) is 5.44. The zero-order valence-corrected chi connectivity index (χ0v) is 15.1. The standard InChI is InChI=1S/C22H19NO2S/c24-14-20(16-4-2-1-3-5-16)9-15-8-19(13-23-12-15)17-6-7-18-11-22(25)26-21(18)10-17/h1-8,10,12-13,20,24H,9,11,14H2/t20-/m0/s1. The Morgan fingerprint density at radius 1 is 1.04 bits per heavy atom. The number of carbonyl (C=O) groups is 1. The largest absolute Gasteiger partial charge is 0.396 e. The predicted molar refractivity (Wildman–Crippen MR) is 104 cm³/mol. The zero-order chi connectivity index (χ0) is 17.9. The van der Waals surface area contributed by atoms with Gasteiger partial charge in [-0.1, -0.05) is 54.2 Å². The van der Waals surface area contributed by atoms with Gasteiger partial charge < -0.3 is 5.11 Å². The number of thioether (sulfide) groups is 1. The molecule has 1 aliphatic rings. The Bertz CT molecular complexity index is 940. The van der Waals surface area contributed by atoms with Gasteiger partial charge in [0.15, 0.2) is 5.12 Å². The van der Waals surface area contributed by atoms with Crippen molar-refractivity contribution >= 4 is 16.9 Å². The van der Waals surface area contributed by atoms with Gasteiger partial charge in [0.2, 0.25) is 0 Å². The molecule has 1 aromatic heterocycles. The van der Waals surface area contributed by atoms with E-state index in [1.807, 2.05) is 48.8 Å². The van der Waals surface area contributed by atoms with Gasteiger partial charge in [0.05, 0.1) is 6.61 Å². The summed E-state index contributed by atoms with van der Waals surface area (Å²) in [5.74, 6) is 0.0569. The van der Waals surface area contributed by atoms with Gasteiger partial charge in [-0.15, -0.1) is 0 Å². The minimum Gasteiger partial charge on any atom is -0.396 e. The highest BCUT2D eigenvalue weighted by molar-refractivity contribution is 8.14. The molecule has 0 unspecified atom stereocenters. The number of benzene rings is 2. The fraction of sp³-hybridized carbons (Fsp3) is 0.182. The van der Waals surface area contributed by atoms with E-state index < -0.39 is 0 Å². The van der Waals surface area contributed by atoms with E-state index in [-0.39, 0.29) is 17.6 Å². The van der Waals surface area contributed by atoms with Crippen LogP contribution >= 0.6 is 11.8 Å². The molecule has 4 heteroatoms. The van der Waals surface area contributed by atoms with Crippen molar-refractivity contribution in [2.24, 2.45) is 0 Å². The van der Waals surface area contributed by atoms with E-state index in [2.05, 4.69) is 23.2 Å². The number of aliphatic hydroxyl groups is 1. The first-order valence-electron chi connectivity index (χ1n) is 8.66. The molecule has 0 amide bonds. The fourth-order valence-corrected chi connectivity index (χ4v) is 4.27. The average molecular weight is 361 g/mol. The Labute approximate surface area is 157 Å². The Hall–Kier alpha value is -2.43. The molecule has 26 heavy (non-hydrogen) atoms. The van der Waals surface area contributed by atoms with E-state index in [1.165, 1.54) is 11.8 Å². The highest BCUT2D eigenvalue weighted by Crippen LogP contribution is 2.35. The minimum atomic E-state index is 0.0569. The smallest absolute Gasteiger partial charge is 0.198 e. The molecule has 1 aliphatic heterocycles. The molecular weight excluding hydrogens is 342 g/mol. The molecule has 0 radical (unpaired) electrons. The third-order valence-corrected chi connectivity index (χ3v) is 5.70. The fourth-order valence-electron chi connectivity index (χ4n) is 3.34. The number of carbonyl (C=O) groups excluding carboxylic acids is 1. The molecule has 0 fully saturated rings. The summed E-state index contributed by atoms with van der Waals surface area (Å²) in [5, 5.41) is 10.0. The van der Waals surface area contributed by atoms with Crippen LogP contribution in [0.4, 0.5) is 0 Å². The summed E-state index contributed by atoms with van der Waals surface area (Å²) in [4.78, 5) is 17.1. The van der Waals surface area contributed by atoms with Crippen molar-refractivity contribution in [2.75, 3.05) is 6.61 Å². The van der Waals surface area contributed by atoms with Crippen molar-refractivity contribution in [3.63, 3.8) is 0 Å². The zero-order valence-electron chi connectivity index (χ0n) is 14.3. The number of aliphatic hydroxyl groups excluding tert-OH is 1. The second kappa shape index (κ2) is 7.44. The normalized spacial score (nSPS) is 14.3. The maximum atomic E-state index is 11.6. The van der Waals surface area contributed by atoms with Crippen LogP contribution in [0.5, 0.6) is 0 Å². The Kier molecular flexibility index (Phi) is 4.87. The van der Waals surface area contributed by atoms with E-state index >= 15 is 0 Å². The molecule has 2 aromatic carbocycles. The lowest BCUT2D eigenvalue weighted by molar-refractivity contribution is -0.110. The molecular formula is C22H19NO2S. The number of hydrogen-bond acceptors (Lipinski definition) is 4. The van der Waals surface area contributed by atoms with Crippen molar-refractivity contribution < 1.29 is 9.90 Å².